The number of nitrogen functional groups attached to an aromatic ring is 1. The lowest BCUT2D eigenvalue weighted by Gasteiger charge is -2.33. The Morgan fingerprint density at radius 2 is 2.16 bits per heavy atom. The minimum absolute atomic E-state index is 0.0218. The Hall–Kier alpha value is -1.89. The van der Waals surface area contributed by atoms with E-state index in [4.69, 9.17) is 5.73 Å². The van der Waals surface area contributed by atoms with Gasteiger partial charge < -0.3 is 5.73 Å². The molecular formula is C12H14N4O2S. The lowest BCUT2D eigenvalue weighted by Crippen LogP contribution is -2.42. The highest BCUT2D eigenvalue weighted by Crippen LogP contribution is 2.34. The lowest BCUT2D eigenvalue weighted by molar-refractivity contribution is 0.377. The molecule has 0 bridgehead atoms. The second-order valence-corrected chi connectivity index (χ2v) is 6.98. The molecule has 6 nitrogen and oxygen atoms in total. The van der Waals surface area contributed by atoms with Gasteiger partial charge in [-0.3, -0.25) is 9.67 Å². The van der Waals surface area contributed by atoms with Gasteiger partial charge in [0.25, 0.3) is 0 Å². The summed E-state index contributed by atoms with van der Waals surface area (Å²) in [6, 6.07) is 3.64. The second kappa shape index (κ2) is 4.34. The third-order valence-corrected chi connectivity index (χ3v) is 5.19. The number of rotatable bonds is 3. The third-order valence-electron chi connectivity index (χ3n) is 3.31. The molecule has 1 aliphatic heterocycles. The van der Waals surface area contributed by atoms with Crippen molar-refractivity contribution in [3.05, 3.63) is 42.5 Å². The molecule has 3 heterocycles. The Labute approximate surface area is 111 Å². The first kappa shape index (κ1) is 12.2. The van der Waals surface area contributed by atoms with E-state index in [1.165, 1.54) is 0 Å². The van der Waals surface area contributed by atoms with Crippen LogP contribution in [0.4, 0.5) is 5.69 Å². The van der Waals surface area contributed by atoms with Crippen LogP contribution in [-0.4, -0.2) is 34.7 Å². The molecule has 3 rings (SSSR count). The van der Waals surface area contributed by atoms with Crippen LogP contribution in [-0.2, 0) is 9.84 Å². The number of anilines is 1. The molecule has 0 spiro atoms. The third kappa shape index (κ3) is 2.33. The van der Waals surface area contributed by atoms with Gasteiger partial charge in [-0.2, -0.15) is 5.10 Å². The molecule has 1 unspecified atom stereocenters. The van der Waals surface area contributed by atoms with Gasteiger partial charge in [-0.25, -0.2) is 8.42 Å². The van der Waals surface area contributed by atoms with Gasteiger partial charge >= 0.3 is 0 Å². The Kier molecular flexibility index (Phi) is 2.78. The van der Waals surface area contributed by atoms with E-state index in [0.717, 1.165) is 5.56 Å². The highest BCUT2D eigenvalue weighted by atomic mass is 32.2. The van der Waals surface area contributed by atoms with Crippen LogP contribution < -0.4 is 5.73 Å². The van der Waals surface area contributed by atoms with Gasteiger partial charge in [0, 0.05) is 24.5 Å². The van der Waals surface area contributed by atoms with Crippen LogP contribution in [0.3, 0.4) is 0 Å². The first-order chi connectivity index (χ1) is 9.05. The summed E-state index contributed by atoms with van der Waals surface area (Å²) in [4.78, 5) is 4.09. The van der Waals surface area contributed by atoms with Crippen LogP contribution in [0.2, 0.25) is 0 Å². The molecule has 1 fully saturated rings. The van der Waals surface area contributed by atoms with Crippen LogP contribution in [0.25, 0.3) is 0 Å². The van der Waals surface area contributed by atoms with Gasteiger partial charge in [0.15, 0.2) is 9.84 Å². The number of aromatic nitrogens is 3. The lowest BCUT2D eigenvalue weighted by atomic mass is 9.96. The number of nitrogens with two attached hydrogens (primary N) is 1. The number of hydrogen-bond acceptors (Lipinski definition) is 5. The van der Waals surface area contributed by atoms with Crippen molar-refractivity contribution >= 4 is 15.5 Å². The Balaban J connectivity index is 1.97. The number of hydrogen-bond donors (Lipinski definition) is 1. The highest BCUT2D eigenvalue weighted by molar-refractivity contribution is 7.92. The van der Waals surface area contributed by atoms with Crippen molar-refractivity contribution in [2.75, 3.05) is 17.2 Å². The molecule has 1 aliphatic rings. The first-order valence-electron chi connectivity index (χ1n) is 5.95. The van der Waals surface area contributed by atoms with Crippen LogP contribution >= 0.6 is 0 Å². The van der Waals surface area contributed by atoms with E-state index in [-0.39, 0.29) is 23.5 Å². The summed E-state index contributed by atoms with van der Waals surface area (Å²) >= 11 is 0. The largest absolute Gasteiger partial charge is 0.396 e. The monoisotopic (exact) mass is 278 g/mol. The van der Waals surface area contributed by atoms with Crippen molar-refractivity contribution in [1.29, 1.82) is 0 Å². The van der Waals surface area contributed by atoms with E-state index in [2.05, 4.69) is 10.1 Å². The molecule has 100 valence electrons. The molecule has 0 aliphatic carbocycles. The molecule has 1 saturated heterocycles. The van der Waals surface area contributed by atoms with Crippen LogP contribution in [0.5, 0.6) is 0 Å². The zero-order valence-corrected chi connectivity index (χ0v) is 11.0. The summed E-state index contributed by atoms with van der Waals surface area (Å²) in [6.45, 7) is 0. The van der Waals surface area contributed by atoms with Gasteiger partial charge in [0.1, 0.15) is 0 Å². The van der Waals surface area contributed by atoms with Crippen LogP contribution in [0.1, 0.15) is 11.6 Å². The summed E-state index contributed by atoms with van der Waals surface area (Å²) in [6.07, 6.45) is 6.72. The fourth-order valence-corrected chi connectivity index (χ4v) is 4.05. The van der Waals surface area contributed by atoms with Crippen molar-refractivity contribution in [3.63, 3.8) is 0 Å². The molecule has 0 amide bonds. The fraction of sp³-hybridized carbons (Fsp3) is 0.333. The summed E-state index contributed by atoms with van der Waals surface area (Å²) in [5.41, 5.74) is 7.21. The summed E-state index contributed by atoms with van der Waals surface area (Å²) in [5.74, 6) is 0.395. The van der Waals surface area contributed by atoms with Gasteiger partial charge in [-0.15, -0.1) is 0 Å². The van der Waals surface area contributed by atoms with E-state index in [1.54, 1.807) is 29.5 Å². The van der Waals surface area contributed by atoms with Crippen LogP contribution in [0.15, 0.2) is 36.9 Å². The standard InChI is InChI=1S/C12H14N4O2S/c13-11-5-15-16(6-11)12(9-2-1-3-14-4-9)10-7-19(17,18)8-10/h1-6,10,12H,7-8,13H2. The zero-order chi connectivity index (χ0) is 13.5. The number of nitrogens with zero attached hydrogens (tertiary/aromatic N) is 3. The average molecular weight is 278 g/mol. The fourth-order valence-electron chi connectivity index (χ4n) is 2.48. The predicted octanol–water partition coefficient (Wildman–Crippen LogP) is 0.494. The summed E-state index contributed by atoms with van der Waals surface area (Å²) in [7, 11) is -2.88. The van der Waals surface area contributed by atoms with Crippen molar-refractivity contribution in [3.8, 4) is 0 Å². The van der Waals surface area contributed by atoms with Gasteiger partial charge in [-0.1, -0.05) is 6.07 Å². The quantitative estimate of drug-likeness (QED) is 0.882. The second-order valence-electron chi connectivity index (χ2n) is 4.82. The topological polar surface area (TPSA) is 90.9 Å². The Morgan fingerprint density at radius 1 is 1.37 bits per heavy atom. The van der Waals surface area contributed by atoms with E-state index < -0.39 is 9.84 Å². The van der Waals surface area contributed by atoms with Gasteiger partial charge in [0.2, 0.25) is 0 Å². The van der Waals surface area contributed by atoms with Crippen LogP contribution in [0, 0.1) is 5.92 Å². The maximum Gasteiger partial charge on any atom is 0.151 e. The summed E-state index contributed by atoms with van der Waals surface area (Å²) in [5, 5.41) is 4.21. The smallest absolute Gasteiger partial charge is 0.151 e. The average Bonchev–Trinajstić information content (AvgIpc) is 2.75. The molecule has 7 heteroatoms. The maximum atomic E-state index is 11.4. The molecular weight excluding hydrogens is 264 g/mol. The molecule has 2 aromatic rings. The molecule has 19 heavy (non-hydrogen) atoms. The van der Waals surface area contributed by atoms with Crippen molar-refractivity contribution in [2.24, 2.45) is 5.92 Å². The first-order valence-corrected chi connectivity index (χ1v) is 7.77. The van der Waals surface area contributed by atoms with Crippen molar-refractivity contribution < 1.29 is 8.42 Å². The summed E-state index contributed by atoms with van der Waals surface area (Å²) < 4.78 is 24.5. The Morgan fingerprint density at radius 3 is 2.68 bits per heavy atom. The van der Waals surface area contributed by atoms with E-state index in [1.807, 2.05) is 12.1 Å². The minimum atomic E-state index is -2.88. The molecule has 0 saturated carbocycles. The number of sulfone groups is 1. The van der Waals surface area contributed by atoms with Gasteiger partial charge in [0.05, 0.1) is 29.4 Å². The SMILES string of the molecule is Nc1cnn(C(c2cccnc2)C2CS(=O)(=O)C2)c1. The minimum Gasteiger partial charge on any atom is -0.396 e. The normalized spacial score (nSPS) is 19.8. The molecule has 0 aromatic carbocycles. The zero-order valence-electron chi connectivity index (χ0n) is 10.2. The molecule has 0 radical (unpaired) electrons. The molecule has 1 atom stereocenters. The van der Waals surface area contributed by atoms with Gasteiger partial charge in [-0.05, 0) is 11.6 Å². The predicted molar refractivity (Wildman–Crippen MR) is 71.2 cm³/mol. The van der Waals surface area contributed by atoms with E-state index in [9.17, 15) is 8.42 Å². The molecule has 2 N–H and O–H groups in total. The van der Waals surface area contributed by atoms with Crippen molar-refractivity contribution in [1.82, 2.24) is 14.8 Å². The maximum absolute atomic E-state index is 11.4. The Bertz CT molecular complexity index is 669. The van der Waals surface area contributed by atoms with Crippen molar-refractivity contribution in [2.45, 2.75) is 6.04 Å². The van der Waals surface area contributed by atoms with E-state index in [0.29, 0.717) is 5.69 Å². The highest BCUT2D eigenvalue weighted by Gasteiger charge is 2.40. The number of pyridine rings is 1. The van der Waals surface area contributed by atoms with E-state index >= 15 is 0 Å². The molecule has 2 aromatic heterocycles.